The first-order valence-electron chi connectivity index (χ1n) is 9.90. The lowest BCUT2D eigenvalue weighted by Gasteiger charge is -2.29. The van der Waals surface area contributed by atoms with Crippen molar-refractivity contribution in [3.05, 3.63) is 69.8 Å². The Balaban J connectivity index is 2.03. The second-order valence-electron chi connectivity index (χ2n) is 7.65. The normalized spacial score (nSPS) is 17.1. The molecule has 1 unspecified atom stereocenters. The van der Waals surface area contributed by atoms with Gasteiger partial charge < -0.3 is 10.0 Å². The van der Waals surface area contributed by atoms with Crippen LogP contribution in [-0.2, 0) is 4.79 Å². The van der Waals surface area contributed by atoms with Gasteiger partial charge in [0.25, 0.3) is 5.69 Å². The summed E-state index contributed by atoms with van der Waals surface area (Å²) in [6.07, 6.45) is 4.06. The standard InChI is InChI=1S/C23H26N2O4/c1-16(2)19-9-3-4-10-20(19)23-17(7-5-11-21(23)25(28)29)12-13-22(27)24-14-6-8-18(26)15-24/h3-5,7,9-13,16,18,26H,6,8,14-15H2,1-2H3. The average molecular weight is 394 g/mol. The maximum absolute atomic E-state index is 12.6. The van der Waals surface area contributed by atoms with E-state index in [1.165, 1.54) is 12.1 Å². The van der Waals surface area contributed by atoms with Gasteiger partial charge in [0.05, 0.1) is 16.6 Å². The summed E-state index contributed by atoms with van der Waals surface area (Å²) >= 11 is 0. The van der Waals surface area contributed by atoms with Gasteiger partial charge in [0.1, 0.15) is 0 Å². The predicted molar refractivity (Wildman–Crippen MR) is 113 cm³/mol. The summed E-state index contributed by atoms with van der Waals surface area (Å²) in [7, 11) is 0. The maximum Gasteiger partial charge on any atom is 0.277 e. The number of hydrogen-bond donors (Lipinski definition) is 1. The highest BCUT2D eigenvalue weighted by Gasteiger charge is 2.23. The largest absolute Gasteiger partial charge is 0.391 e. The van der Waals surface area contributed by atoms with Crippen LogP contribution in [0.4, 0.5) is 5.69 Å². The van der Waals surface area contributed by atoms with Crippen molar-refractivity contribution in [3.63, 3.8) is 0 Å². The molecule has 29 heavy (non-hydrogen) atoms. The van der Waals surface area contributed by atoms with E-state index in [1.807, 2.05) is 38.1 Å². The molecule has 1 fully saturated rings. The number of aliphatic hydroxyl groups is 1. The topological polar surface area (TPSA) is 83.7 Å². The Labute approximate surface area is 170 Å². The number of piperidine rings is 1. The molecule has 0 bridgehead atoms. The number of nitro benzene ring substituents is 1. The van der Waals surface area contributed by atoms with Crippen LogP contribution < -0.4 is 0 Å². The molecule has 2 aromatic rings. The van der Waals surface area contributed by atoms with Gasteiger partial charge in [0, 0.05) is 25.2 Å². The molecule has 0 radical (unpaired) electrons. The van der Waals surface area contributed by atoms with Crippen LogP contribution >= 0.6 is 0 Å². The molecule has 2 aromatic carbocycles. The van der Waals surface area contributed by atoms with Gasteiger partial charge in [-0.3, -0.25) is 14.9 Å². The lowest BCUT2D eigenvalue weighted by Crippen LogP contribution is -2.41. The lowest BCUT2D eigenvalue weighted by atomic mass is 9.89. The Kier molecular flexibility index (Phi) is 6.44. The van der Waals surface area contributed by atoms with Crippen LogP contribution in [-0.4, -0.2) is 40.0 Å². The van der Waals surface area contributed by atoms with E-state index in [0.717, 1.165) is 17.5 Å². The van der Waals surface area contributed by atoms with Crippen molar-refractivity contribution in [2.75, 3.05) is 13.1 Å². The Bertz CT molecular complexity index is 936. The SMILES string of the molecule is CC(C)c1ccccc1-c1c(C=CC(=O)N2CCCC(O)C2)cccc1[N+](=O)[O-]. The van der Waals surface area contributed by atoms with Crippen LogP contribution in [0.2, 0.25) is 0 Å². The number of likely N-dealkylation sites (tertiary alicyclic amines) is 1. The second-order valence-corrected chi connectivity index (χ2v) is 7.65. The average Bonchev–Trinajstić information content (AvgIpc) is 2.71. The van der Waals surface area contributed by atoms with Gasteiger partial charge in [-0.05, 0) is 41.5 Å². The van der Waals surface area contributed by atoms with E-state index in [9.17, 15) is 20.0 Å². The van der Waals surface area contributed by atoms with Gasteiger partial charge in [-0.15, -0.1) is 0 Å². The highest BCUT2D eigenvalue weighted by molar-refractivity contribution is 5.94. The fourth-order valence-electron chi connectivity index (χ4n) is 3.79. The monoisotopic (exact) mass is 394 g/mol. The summed E-state index contributed by atoms with van der Waals surface area (Å²) in [6, 6.07) is 12.6. The minimum Gasteiger partial charge on any atom is -0.391 e. The van der Waals surface area contributed by atoms with Crippen molar-refractivity contribution < 1.29 is 14.8 Å². The third-order valence-electron chi connectivity index (χ3n) is 5.24. The molecule has 1 aliphatic rings. The number of carbonyl (C=O) groups excluding carboxylic acids is 1. The molecule has 0 spiro atoms. The minimum absolute atomic E-state index is 0.0149. The summed E-state index contributed by atoms with van der Waals surface area (Å²) in [5.74, 6) is -0.00217. The zero-order chi connectivity index (χ0) is 21.0. The molecule has 6 nitrogen and oxygen atoms in total. The van der Waals surface area contributed by atoms with Crippen molar-refractivity contribution in [2.45, 2.75) is 38.7 Å². The fourth-order valence-corrected chi connectivity index (χ4v) is 3.79. The van der Waals surface area contributed by atoms with Crippen molar-refractivity contribution in [1.29, 1.82) is 0 Å². The van der Waals surface area contributed by atoms with Crippen LogP contribution in [0.1, 0.15) is 43.7 Å². The summed E-state index contributed by atoms with van der Waals surface area (Å²) < 4.78 is 0. The fraction of sp³-hybridized carbons (Fsp3) is 0.348. The number of benzene rings is 2. The van der Waals surface area contributed by atoms with Crippen LogP contribution in [0.25, 0.3) is 17.2 Å². The number of nitro groups is 1. The first-order chi connectivity index (χ1) is 13.9. The molecule has 1 N–H and O–H groups in total. The summed E-state index contributed by atoms with van der Waals surface area (Å²) in [5, 5.41) is 21.5. The molecule has 1 atom stereocenters. The molecule has 6 heteroatoms. The van der Waals surface area contributed by atoms with Gasteiger partial charge in [0.15, 0.2) is 0 Å². The number of carbonyl (C=O) groups is 1. The molecule has 0 saturated carbocycles. The third-order valence-corrected chi connectivity index (χ3v) is 5.24. The zero-order valence-corrected chi connectivity index (χ0v) is 16.7. The van der Waals surface area contributed by atoms with E-state index < -0.39 is 6.10 Å². The van der Waals surface area contributed by atoms with Crippen molar-refractivity contribution in [3.8, 4) is 11.1 Å². The van der Waals surface area contributed by atoms with E-state index >= 15 is 0 Å². The van der Waals surface area contributed by atoms with E-state index in [4.69, 9.17) is 0 Å². The number of amides is 1. The molecule has 0 aliphatic carbocycles. The van der Waals surface area contributed by atoms with Gasteiger partial charge in [-0.25, -0.2) is 0 Å². The van der Waals surface area contributed by atoms with E-state index in [1.54, 1.807) is 23.1 Å². The first kappa shape index (κ1) is 20.7. The number of rotatable bonds is 5. The van der Waals surface area contributed by atoms with Gasteiger partial charge in [-0.1, -0.05) is 50.2 Å². The molecule has 1 amide bonds. The van der Waals surface area contributed by atoms with E-state index in [-0.39, 0.29) is 22.4 Å². The summed E-state index contributed by atoms with van der Waals surface area (Å²) in [6.45, 7) is 5.03. The van der Waals surface area contributed by atoms with Crippen LogP contribution in [0, 0.1) is 10.1 Å². The van der Waals surface area contributed by atoms with E-state index in [0.29, 0.717) is 30.6 Å². The summed E-state index contributed by atoms with van der Waals surface area (Å²) in [4.78, 5) is 25.5. The number of β-amino-alcohol motifs (C(OH)–C–C–N with tert-alkyl or cyclic N) is 1. The van der Waals surface area contributed by atoms with E-state index in [2.05, 4.69) is 0 Å². The zero-order valence-electron chi connectivity index (χ0n) is 16.7. The highest BCUT2D eigenvalue weighted by Crippen LogP contribution is 2.38. The molecule has 0 aromatic heterocycles. The van der Waals surface area contributed by atoms with Gasteiger partial charge >= 0.3 is 0 Å². The van der Waals surface area contributed by atoms with Crippen molar-refractivity contribution >= 4 is 17.7 Å². The molecular formula is C23H26N2O4. The predicted octanol–water partition coefficient (Wildman–Crippen LogP) is 4.38. The summed E-state index contributed by atoms with van der Waals surface area (Å²) in [5.41, 5.74) is 2.97. The number of nitrogens with zero attached hydrogens (tertiary/aromatic N) is 2. The quantitative estimate of drug-likeness (QED) is 0.463. The number of hydrogen-bond acceptors (Lipinski definition) is 4. The minimum atomic E-state index is -0.493. The van der Waals surface area contributed by atoms with Gasteiger partial charge in [-0.2, -0.15) is 0 Å². The van der Waals surface area contributed by atoms with Crippen LogP contribution in [0.5, 0.6) is 0 Å². The Morgan fingerprint density at radius 2 is 2.00 bits per heavy atom. The molecule has 152 valence electrons. The van der Waals surface area contributed by atoms with Crippen LogP contribution in [0.15, 0.2) is 48.5 Å². The Morgan fingerprint density at radius 3 is 2.69 bits per heavy atom. The molecule has 1 aliphatic heterocycles. The first-order valence-corrected chi connectivity index (χ1v) is 9.90. The van der Waals surface area contributed by atoms with Crippen LogP contribution in [0.3, 0.4) is 0 Å². The molecule has 1 heterocycles. The molecule has 3 rings (SSSR count). The third kappa shape index (κ3) is 4.71. The molecular weight excluding hydrogens is 368 g/mol. The van der Waals surface area contributed by atoms with Gasteiger partial charge in [0.2, 0.25) is 5.91 Å². The van der Waals surface area contributed by atoms with Crippen molar-refractivity contribution in [1.82, 2.24) is 4.90 Å². The lowest BCUT2D eigenvalue weighted by molar-refractivity contribution is -0.384. The Hall–Kier alpha value is -2.99. The molecule has 1 saturated heterocycles. The smallest absolute Gasteiger partial charge is 0.277 e. The maximum atomic E-state index is 12.6. The highest BCUT2D eigenvalue weighted by atomic mass is 16.6. The Morgan fingerprint density at radius 1 is 1.24 bits per heavy atom. The number of aliphatic hydroxyl groups excluding tert-OH is 1. The second kappa shape index (κ2) is 9.01. The van der Waals surface area contributed by atoms with Crippen molar-refractivity contribution in [2.24, 2.45) is 0 Å².